The predicted molar refractivity (Wildman–Crippen MR) is 146 cm³/mol. The first-order valence-corrected chi connectivity index (χ1v) is 13.5. The van der Waals surface area contributed by atoms with Crippen molar-refractivity contribution < 1.29 is 14.7 Å². The fourth-order valence-corrected chi connectivity index (χ4v) is 4.45. The Labute approximate surface area is 215 Å². The van der Waals surface area contributed by atoms with E-state index in [0.29, 0.717) is 11.4 Å². The minimum Gasteiger partial charge on any atom is -0.478 e. The molecule has 7 nitrogen and oxygen atoms in total. The van der Waals surface area contributed by atoms with Gasteiger partial charge >= 0.3 is 5.97 Å². The Morgan fingerprint density at radius 2 is 1.36 bits per heavy atom. The van der Waals surface area contributed by atoms with Crippen LogP contribution >= 0.6 is 0 Å². The maximum Gasteiger partial charge on any atom is 0.328 e. The molecule has 1 heterocycles. The van der Waals surface area contributed by atoms with Gasteiger partial charge in [0.05, 0.1) is 5.69 Å². The van der Waals surface area contributed by atoms with Crippen molar-refractivity contribution in [2.24, 2.45) is 7.05 Å². The van der Waals surface area contributed by atoms with Crippen LogP contribution in [0.4, 0.5) is 5.69 Å². The first-order chi connectivity index (χ1) is 17.4. The zero-order valence-electron chi connectivity index (χ0n) is 22.0. The first-order valence-electron chi connectivity index (χ1n) is 13.5. The van der Waals surface area contributed by atoms with Crippen LogP contribution < -0.4 is 10.9 Å². The molecule has 1 amide bonds. The highest BCUT2D eigenvalue weighted by molar-refractivity contribution is 6.02. The summed E-state index contributed by atoms with van der Waals surface area (Å²) >= 11 is 0. The molecule has 0 saturated carbocycles. The van der Waals surface area contributed by atoms with Gasteiger partial charge in [-0.05, 0) is 37.1 Å². The Balaban J connectivity index is 1.71. The molecule has 198 valence electrons. The number of carboxylic acid groups (broad SMARTS) is 1. The van der Waals surface area contributed by atoms with Gasteiger partial charge in [0.25, 0.3) is 5.56 Å². The highest BCUT2D eigenvalue weighted by Crippen LogP contribution is 2.16. The topological polar surface area (TPSA) is 93.3 Å². The van der Waals surface area contributed by atoms with Gasteiger partial charge in [0.2, 0.25) is 5.91 Å². The van der Waals surface area contributed by atoms with Crippen LogP contribution in [0.15, 0.2) is 47.3 Å². The number of anilines is 1. The second-order valence-electron chi connectivity index (χ2n) is 9.51. The van der Waals surface area contributed by atoms with Crippen molar-refractivity contribution in [1.29, 1.82) is 0 Å². The van der Waals surface area contributed by atoms with Gasteiger partial charge in [-0.2, -0.15) is 0 Å². The molecule has 0 aliphatic carbocycles. The van der Waals surface area contributed by atoms with Crippen molar-refractivity contribution >= 4 is 17.6 Å². The lowest BCUT2D eigenvalue weighted by Crippen LogP contribution is -2.19. The number of unbranched alkanes of at least 4 members (excludes halogenated alkanes) is 12. The lowest BCUT2D eigenvalue weighted by molar-refractivity contribution is -0.131. The third-order valence-electron chi connectivity index (χ3n) is 6.51. The monoisotopic (exact) mass is 497 g/mol. The summed E-state index contributed by atoms with van der Waals surface area (Å²) in [6.45, 7) is 2.26. The molecule has 0 unspecified atom stereocenters. The van der Waals surface area contributed by atoms with E-state index in [2.05, 4.69) is 12.2 Å². The second-order valence-corrected chi connectivity index (χ2v) is 9.51. The van der Waals surface area contributed by atoms with Crippen molar-refractivity contribution in [3.63, 3.8) is 0 Å². The molecule has 2 aromatic rings. The number of hydrogen-bond acceptors (Lipinski definition) is 3. The molecule has 0 aliphatic heterocycles. The average Bonchev–Trinajstić information content (AvgIpc) is 3.14. The largest absolute Gasteiger partial charge is 0.478 e. The van der Waals surface area contributed by atoms with E-state index in [1.807, 2.05) is 11.7 Å². The van der Waals surface area contributed by atoms with E-state index in [9.17, 15) is 14.4 Å². The Bertz CT molecular complexity index is 1020. The molecule has 2 rings (SSSR count). The molecule has 1 aromatic heterocycles. The van der Waals surface area contributed by atoms with E-state index >= 15 is 0 Å². The number of carbonyl (C=O) groups is 2. The Morgan fingerprint density at radius 3 is 1.89 bits per heavy atom. The third kappa shape index (κ3) is 10.7. The fraction of sp³-hybridized carbons (Fsp3) is 0.552. The van der Waals surface area contributed by atoms with E-state index in [-0.39, 0.29) is 5.56 Å². The maximum absolute atomic E-state index is 12.6. The Hall–Kier alpha value is -3.09. The first kappa shape index (κ1) is 29.1. The van der Waals surface area contributed by atoms with Crippen molar-refractivity contribution in [3.05, 3.63) is 58.5 Å². The van der Waals surface area contributed by atoms with Crippen molar-refractivity contribution in [3.8, 4) is 5.69 Å². The van der Waals surface area contributed by atoms with Crippen LogP contribution in [0, 0.1) is 0 Å². The second kappa shape index (κ2) is 16.6. The normalized spacial score (nSPS) is 11.3. The molecule has 0 radical (unpaired) electrons. The number of benzene rings is 1. The van der Waals surface area contributed by atoms with Crippen LogP contribution in [0.2, 0.25) is 0 Å². The van der Waals surface area contributed by atoms with Crippen LogP contribution in [0.25, 0.3) is 5.69 Å². The summed E-state index contributed by atoms with van der Waals surface area (Å²) in [5.41, 5.74) is 2.16. The van der Waals surface area contributed by atoms with Gasteiger partial charge in [-0.25, -0.2) is 9.48 Å². The molecule has 0 aliphatic rings. The fourth-order valence-electron chi connectivity index (χ4n) is 4.45. The summed E-state index contributed by atoms with van der Waals surface area (Å²) in [5, 5.41) is 11.2. The third-order valence-corrected chi connectivity index (χ3v) is 6.51. The van der Waals surface area contributed by atoms with E-state index < -0.39 is 11.9 Å². The molecule has 0 bridgehead atoms. The highest BCUT2D eigenvalue weighted by atomic mass is 16.4. The highest BCUT2D eigenvalue weighted by Gasteiger charge is 2.10. The van der Waals surface area contributed by atoms with Crippen LogP contribution in [-0.2, 0) is 23.1 Å². The Morgan fingerprint density at radius 1 is 0.833 bits per heavy atom. The molecular formula is C29H43N3O4. The summed E-state index contributed by atoms with van der Waals surface area (Å²) in [7, 11) is 1.89. The molecule has 36 heavy (non-hydrogen) atoms. The summed E-state index contributed by atoms with van der Waals surface area (Å²) in [6, 6.07) is 8.59. The maximum atomic E-state index is 12.6. The summed E-state index contributed by atoms with van der Waals surface area (Å²) in [6.07, 6.45) is 19.7. The molecular weight excluding hydrogens is 454 g/mol. The standard InChI is InChI=1S/C29H43N3O4/c1-3-4-5-6-7-8-9-10-11-12-13-14-15-16-26-23-28(34)32(31(26)2)25-19-17-24(18-20-25)30-27(33)21-22-29(35)36/h17-23H,3-16H2,1-2H3,(H,30,33)(H,35,36)/b22-21+. The summed E-state index contributed by atoms with van der Waals surface area (Å²) in [4.78, 5) is 34.9. The van der Waals surface area contributed by atoms with E-state index in [4.69, 9.17) is 5.11 Å². The smallest absolute Gasteiger partial charge is 0.328 e. The van der Waals surface area contributed by atoms with Crippen LogP contribution in [0.3, 0.4) is 0 Å². The number of aryl methyl sites for hydroxylation is 1. The van der Waals surface area contributed by atoms with Gasteiger partial charge in [0.1, 0.15) is 0 Å². The molecule has 1 aromatic carbocycles. The van der Waals surface area contributed by atoms with Crippen molar-refractivity contribution in [2.75, 3.05) is 5.32 Å². The molecule has 2 N–H and O–H groups in total. The molecule has 0 atom stereocenters. The summed E-state index contributed by atoms with van der Waals surface area (Å²) in [5.74, 6) is -1.71. The minimum absolute atomic E-state index is 0.0802. The molecule has 0 saturated heterocycles. The predicted octanol–water partition coefficient (Wildman–Crippen LogP) is 6.39. The number of hydrogen-bond donors (Lipinski definition) is 2. The number of nitrogens with zero attached hydrogens (tertiary/aromatic N) is 2. The number of rotatable bonds is 18. The minimum atomic E-state index is -1.18. The number of carboxylic acids is 1. The molecule has 7 heteroatoms. The Kier molecular flexibility index (Phi) is 13.4. The lowest BCUT2D eigenvalue weighted by atomic mass is 10.0. The summed E-state index contributed by atoms with van der Waals surface area (Å²) < 4.78 is 3.51. The van der Waals surface area contributed by atoms with E-state index in [1.165, 1.54) is 77.0 Å². The van der Waals surface area contributed by atoms with Crippen LogP contribution in [-0.4, -0.2) is 26.3 Å². The zero-order chi connectivity index (χ0) is 26.2. The van der Waals surface area contributed by atoms with Gasteiger partial charge in [-0.1, -0.05) is 84.0 Å². The van der Waals surface area contributed by atoms with Crippen molar-refractivity contribution in [1.82, 2.24) is 9.36 Å². The number of amides is 1. The zero-order valence-corrected chi connectivity index (χ0v) is 22.0. The van der Waals surface area contributed by atoms with E-state index in [0.717, 1.165) is 30.7 Å². The SMILES string of the molecule is CCCCCCCCCCCCCCCc1cc(=O)n(-c2ccc(NC(=O)/C=C/C(=O)O)cc2)n1C. The molecule has 0 fully saturated rings. The van der Waals surface area contributed by atoms with E-state index in [1.54, 1.807) is 35.0 Å². The number of nitrogens with one attached hydrogen (secondary N) is 1. The average molecular weight is 498 g/mol. The quantitative estimate of drug-likeness (QED) is 0.184. The number of aliphatic carboxylic acids is 1. The van der Waals surface area contributed by atoms with Gasteiger partial charge < -0.3 is 10.4 Å². The van der Waals surface area contributed by atoms with Crippen LogP contribution in [0.5, 0.6) is 0 Å². The van der Waals surface area contributed by atoms with Crippen LogP contribution in [0.1, 0.15) is 96.1 Å². The molecule has 0 spiro atoms. The number of carbonyl (C=O) groups excluding carboxylic acids is 1. The lowest BCUT2D eigenvalue weighted by Gasteiger charge is -2.11. The van der Waals surface area contributed by atoms with Gasteiger partial charge in [0, 0.05) is 36.6 Å². The van der Waals surface area contributed by atoms with Gasteiger partial charge in [-0.15, -0.1) is 0 Å². The van der Waals surface area contributed by atoms with Gasteiger partial charge in [-0.3, -0.25) is 14.3 Å². The number of aromatic nitrogens is 2. The van der Waals surface area contributed by atoms with Crippen molar-refractivity contribution in [2.45, 2.75) is 96.8 Å². The van der Waals surface area contributed by atoms with Gasteiger partial charge in [0.15, 0.2) is 0 Å².